The van der Waals surface area contributed by atoms with E-state index < -0.39 is 5.56 Å². The molecular weight excluding hydrogens is 242 g/mol. The Kier molecular flexibility index (Phi) is 2.22. The van der Waals surface area contributed by atoms with Crippen molar-refractivity contribution in [1.82, 2.24) is 14.5 Å². The van der Waals surface area contributed by atoms with Crippen LogP contribution in [0, 0.1) is 18.3 Å². The fourth-order valence-electron chi connectivity index (χ4n) is 2.00. The van der Waals surface area contributed by atoms with Gasteiger partial charge in [0.05, 0.1) is 11.4 Å². The molecule has 1 aliphatic rings. The minimum Gasteiger partial charge on any atom is -0.368 e. The van der Waals surface area contributed by atoms with E-state index in [9.17, 15) is 4.79 Å². The summed E-state index contributed by atoms with van der Waals surface area (Å²) < 4.78 is 1.39. The van der Waals surface area contributed by atoms with E-state index in [4.69, 9.17) is 11.0 Å². The van der Waals surface area contributed by atoms with E-state index in [-0.39, 0.29) is 11.5 Å². The molecule has 0 saturated carbocycles. The Labute approximate surface area is 108 Å². The molecule has 0 aliphatic heterocycles. The van der Waals surface area contributed by atoms with Crippen LogP contribution in [0.15, 0.2) is 29.1 Å². The third kappa shape index (κ3) is 1.52. The SMILES string of the molecule is Cc1nc(N)nc2c1cc(C#N)c(=O)n2C1=CC=C1. The van der Waals surface area contributed by atoms with Crippen LogP contribution in [0.5, 0.6) is 0 Å². The van der Waals surface area contributed by atoms with Gasteiger partial charge in [-0.15, -0.1) is 0 Å². The van der Waals surface area contributed by atoms with Crippen molar-refractivity contribution in [2.24, 2.45) is 0 Å². The maximum atomic E-state index is 12.2. The molecule has 0 fully saturated rings. The van der Waals surface area contributed by atoms with Gasteiger partial charge in [0.1, 0.15) is 11.6 Å². The average molecular weight is 251 g/mol. The van der Waals surface area contributed by atoms with Crippen molar-refractivity contribution >= 4 is 22.7 Å². The third-order valence-corrected chi connectivity index (χ3v) is 2.98. The lowest BCUT2D eigenvalue weighted by atomic mass is 10.1. The van der Waals surface area contributed by atoms with Crippen LogP contribution in [0.25, 0.3) is 16.7 Å². The number of pyridine rings is 1. The summed E-state index contributed by atoms with van der Waals surface area (Å²) in [6.45, 7) is 1.77. The second-order valence-electron chi connectivity index (χ2n) is 4.17. The molecule has 19 heavy (non-hydrogen) atoms. The van der Waals surface area contributed by atoms with Gasteiger partial charge in [0.15, 0.2) is 5.65 Å². The van der Waals surface area contributed by atoms with E-state index in [1.165, 1.54) is 10.6 Å². The summed E-state index contributed by atoms with van der Waals surface area (Å²) in [5.41, 5.74) is 7.04. The van der Waals surface area contributed by atoms with Crippen molar-refractivity contribution in [2.45, 2.75) is 6.92 Å². The van der Waals surface area contributed by atoms with Gasteiger partial charge in [-0.05, 0) is 25.1 Å². The molecule has 0 saturated heterocycles. The second kappa shape index (κ2) is 3.78. The number of aromatic nitrogens is 3. The molecule has 6 heteroatoms. The standard InChI is InChI=1S/C13H9N5O/c1-7-10-5-8(6-14)12(19)18(9-3-2-4-9)11(10)17-13(15)16-7/h2-5H,1H3,(H2,15,16,17). The number of allylic oxidation sites excluding steroid dienone is 4. The quantitative estimate of drug-likeness (QED) is 0.814. The normalized spacial score (nSPS) is 12.9. The molecule has 0 amide bonds. The van der Waals surface area contributed by atoms with Crippen molar-refractivity contribution in [1.29, 1.82) is 5.26 Å². The van der Waals surface area contributed by atoms with E-state index in [2.05, 4.69) is 9.97 Å². The Morgan fingerprint density at radius 3 is 2.74 bits per heavy atom. The largest absolute Gasteiger partial charge is 0.368 e. The van der Waals surface area contributed by atoms with Crippen LogP contribution in [0.2, 0.25) is 0 Å². The lowest BCUT2D eigenvalue weighted by Crippen LogP contribution is -2.24. The van der Waals surface area contributed by atoms with Crippen molar-refractivity contribution in [3.05, 3.63) is 45.9 Å². The molecule has 92 valence electrons. The number of hydrogen-bond donors (Lipinski definition) is 1. The first kappa shape index (κ1) is 11.2. The summed E-state index contributed by atoms with van der Waals surface area (Å²) in [4.78, 5) is 20.4. The molecule has 0 bridgehead atoms. The Bertz CT molecular complexity index is 867. The number of anilines is 1. The van der Waals surface area contributed by atoms with Gasteiger partial charge >= 0.3 is 0 Å². The number of nitrogens with two attached hydrogens (primary N) is 1. The molecule has 2 N–H and O–H groups in total. The predicted molar refractivity (Wildman–Crippen MR) is 71.1 cm³/mol. The van der Waals surface area contributed by atoms with E-state index >= 15 is 0 Å². The first-order valence-electron chi connectivity index (χ1n) is 5.60. The Balaban J connectivity index is 2.53. The van der Waals surface area contributed by atoms with Gasteiger partial charge in [0.2, 0.25) is 5.95 Å². The fraction of sp³-hybridized carbons (Fsp3) is 0.0769. The Morgan fingerprint density at radius 2 is 2.16 bits per heavy atom. The van der Waals surface area contributed by atoms with Gasteiger partial charge in [-0.25, -0.2) is 4.98 Å². The lowest BCUT2D eigenvalue weighted by Gasteiger charge is -2.14. The lowest BCUT2D eigenvalue weighted by molar-refractivity contribution is 1.02. The highest BCUT2D eigenvalue weighted by atomic mass is 16.1. The highest BCUT2D eigenvalue weighted by molar-refractivity contribution is 5.85. The summed E-state index contributed by atoms with van der Waals surface area (Å²) in [5.74, 6) is 0.103. The van der Waals surface area contributed by atoms with Crippen LogP contribution in [0.3, 0.4) is 0 Å². The molecule has 0 aromatic carbocycles. The third-order valence-electron chi connectivity index (χ3n) is 2.98. The maximum absolute atomic E-state index is 12.2. The number of rotatable bonds is 1. The smallest absolute Gasteiger partial charge is 0.274 e. The predicted octanol–water partition coefficient (Wildman–Crippen LogP) is 0.965. The number of hydrogen-bond acceptors (Lipinski definition) is 5. The number of nitriles is 1. The minimum absolute atomic E-state index is 0.0603. The molecule has 0 radical (unpaired) electrons. The second-order valence-corrected chi connectivity index (χ2v) is 4.17. The molecule has 6 nitrogen and oxygen atoms in total. The summed E-state index contributed by atoms with van der Waals surface area (Å²) >= 11 is 0. The average Bonchev–Trinajstić information content (AvgIpc) is 2.30. The summed E-state index contributed by atoms with van der Waals surface area (Å²) in [6.07, 6.45) is 5.36. The summed E-state index contributed by atoms with van der Waals surface area (Å²) in [7, 11) is 0. The van der Waals surface area contributed by atoms with Gasteiger partial charge < -0.3 is 5.73 Å². The van der Waals surface area contributed by atoms with E-state index in [1.54, 1.807) is 19.1 Å². The molecule has 0 atom stereocenters. The van der Waals surface area contributed by atoms with Crippen LogP contribution in [0.1, 0.15) is 11.3 Å². The molecule has 2 heterocycles. The first-order valence-corrected chi connectivity index (χ1v) is 5.60. The number of nitrogen functional groups attached to an aromatic ring is 1. The van der Waals surface area contributed by atoms with Gasteiger partial charge in [0, 0.05) is 5.39 Å². The molecular formula is C13H9N5O. The zero-order valence-electron chi connectivity index (χ0n) is 10.1. The Morgan fingerprint density at radius 1 is 1.42 bits per heavy atom. The zero-order valence-corrected chi connectivity index (χ0v) is 10.1. The highest BCUT2D eigenvalue weighted by Gasteiger charge is 2.16. The molecule has 3 rings (SSSR count). The van der Waals surface area contributed by atoms with Gasteiger partial charge in [-0.3, -0.25) is 9.36 Å². The van der Waals surface area contributed by atoms with E-state index in [0.29, 0.717) is 22.4 Å². The summed E-state index contributed by atoms with van der Waals surface area (Å²) in [6, 6.07) is 3.41. The molecule has 1 aliphatic carbocycles. The van der Waals surface area contributed by atoms with E-state index in [0.717, 1.165) is 0 Å². The van der Waals surface area contributed by atoms with Crippen molar-refractivity contribution in [2.75, 3.05) is 5.73 Å². The van der Waals surface area contributed by atoms with Crippen molar-refractivity contribution in [3.63, 3.8) is 0 Å². The minimum atomic E-state index is -0.400. The number of aryl methyl sites for hydroxylation is 1. The van der Waals surface area contributed by atoms with Crippen molar-refractivity contribution < 1.29 is 0 Å². The first-order chi connectivity index (χ1) is 9.11. The molecule has 0 unspecified atom stereocenters. The topological polar surface area (TPSA) is 97.6 Å². The monoisotopic (exact) mass is 251 g/mol. The van der Waals surface area contributed by atoms with Crippen LogP contribution in [0.4, 0.5) is 5.95 Å². The molecule has 2 aromatic rings. The van der Waals surface area contributed by atoms with Crippen LogP contribution in [-0.2, 0) is 0 Å². The Hall–Kier alpha value is -2.94. The summed E-state index contributed by atoms with van der Waals surface area (Å²) in [5, 5.41) is 9.70. The maximum Gasteiger partial charge on any atom is 0.274 e. The molecule has 2 aromatic heterocycles. The van der Waals surface area contributed by atoms with Crippen molar-refractivity contribution in [3.8, 4) is 6.07 Å². The van der Waals surface area contributed by atoms with Gasteiger partial charge in [0.25, 0.3) is 5.56 Å². The number of nitrogens with zero attached hydrogens (tertiary/aromatic N) is 4. The zero-order chi connectivity index (χ0) is 13.6. The number of fused-ring (bicyclic) bond motifs is 1. The molecule has 0 spiro atoms. The fourth-order valence-corrected chi connectivity index (χ4v) is 2.00. The van der Waals surface area contributed by atoms with Crippen LogP contribution in [-0.4, -0.2) is 14.5 Å². The van der Waals surface area contributed by atoms with Crippen LogP contribution < -0.4 is 11.3 Å². The highest BCUT2D eigenvalue weighted by Crippen LogP contribution is 2.21. The van der Waals surface area contributed by atoms with Crippen LogP contribution >= 0.6 is 0 Å². The van der Waals surface area contributed by atoms with Gasteiger partial charge in [-0.1, -0.05) is 6.08 Å². The van der Waals surface area contributed by atoms with Gasteiger partial charge in [-0.2, -0.15) is 10.2 Å². The van der Waals surface area contributed by atoms with E-state index in [1.807, 2.05) is 12.1 Å².